The van der Waals surface area contributed by atoms with Crippen LogP contribution in [-0.2, 0) is 4.79 Å². The van der Waals surface area contributed by atoms with Crippen LogP contribution >= 0.6 is 0 Å². The minimum absolute atomic E-state index is 0.00407. The van der Waals surface area contributed by atoms with E-state index in [0.717, 1.165) is 19.3 Å². The molecule has 1 heterocycles. The highest BCUT2D eigenvalue weighted by molar-refractivity contribution is 5.80. The number of likely N-dealkylation sites (tertiary alicyclic amines) is 1. The minimum Gasteiger partial charge on any atom is -0.388 e. The third kappa shape index (κ3) is 2.00. The van der Waals surface area contributed by atoms with Gasteiger partial charge in [-0.1, -0.05) is 6.42 Å². The summed E-state index contributed by atoms with van der Waals surface area (Å²) in [5, 5.41) is 18.7. The molecule has 1 aliphatic heterocycles. The molecular formula is C10H18N2O3. The number of aliphatic hydroxyl groups is 2. The van der Waals surface area contributed by atoms with Gasteiger partial charge in [0, 0.05) is 19.1 Å². The van der Waals surface area contributed by atoms with Crippen LogP contribution < -0.4 is 5.73 Å². The summed E-state index contributed by atoms with van der Waals surface area (Å²) < 4.78 is 0. The highest BCUT2D eigenvalue weighted by Crippen LogP contribution is 2.27. The van der Waals surface area contributed by atoms with Crippen LogP contribution in [0.15, 0.2) is 0 Å². The molecule has 0 radical (unpaired) electrons. The number of β-amino-alcohol motifs (C(OH)–C–C–N with tert-alkyl or cyclic N) is 2. The average molecular weight is 214 g/mol. The molecule has 0 aromatic carbocycles. The molecule has 0 spiro atoms. The van der Waals surface area contributed by atoms with Crippen LogP contribution in [0.5, 0.6) is 0 Å². The van der Waals surface area contributed by atoms with Gasteiger partial charge in [-0.15, -0.1) is 0 Å². The van der Waals surface area contributed by atoms with Crippen LogP contribution in [0.3, 0.4) is 0 Å². The second-order valence-corrected chi connectivity index (χ2v) is 4.58. The molecule has 1 saturated heterocycles. The van der Waals surface area contributed by atoms with Crippen molar-refractivity contribution in [3.63, 3.8) is 0 Å². The molecule has 0 aromatic heterocycles. The number of nitrogens with two attached hydrogens (primary N) is 1. The fourth-order valence-corrected chi connectivity index (χ4v) is 2.48. The summed E-state index contributed by atoms with van der Waals surface area (Å²) >= 11 is 0. The lowest BCUT2D eigenvalue weighted by Crippen LogP contribution is -2.41. The molecule has 4 atom stereocenters. The Morgan fingerprint density at radius 3 is 2.27 bits per heavy atom. The van der Waals surface area contributed by atoms with E-state index >= 15 is 0 Å². The lowest BCUT2D eigenvalue weighted by molar-refractivity contribution is -0.135. The standard InChI is InChI=1S/C10H18N2O3/c11-7-3-1-2-6(7)10(15)12-4-8(13)9(14)5-12/h6-9,13-14H,1-5,11H2/t6?,7?,8-,9+. The summed E-state index contributed by atoms with van der Waals surface area (Å²) in [7, 11) is 0. The molecule has 86 valence electrons. The summed E-state index contributed by atoms with van der Waals surface area (Å²) in [6.45, 7) is 0.479. The Morgan fingerprint density at radius 2 is 1.80 bits per heavy atom. The molecule has 1 amide bonds. The molecule has 1 aliphatic carbocycles. The quantitative estimate of drug-likeness (QED) is 0.505. The van der Waals surface area contributed by atoms with Gasteiger partial charge in [0.15, 0.2) is 0 Å². The first kappa shape index (κ1) is 10.9. The topological polar surface area (TPSA) is 86.8 Å². The van der Waals surface area contributed by atoms with E-state index in [1.807, 2.05) is 0 Å². The molecule has 4 N–H and O–H groups in total. The largest absolute Gasteiger partial charge is 0.388 e. The highest BCUT2D eigenvalue weighted by Gasteiger charge is 2.38. The average Bonchev–Trinajstić information content (AvgIpc) is 2.74. The van der Waals surface area contributed by atoms with Gasteiger partial charge >= 0.3 is 0 Å². The zero-order valence-electron chi connectivity index (χ0n) is 8.67. The molecule has 2 fully saturated rings. The second kappa shape index (κ2) is 4.08. The lowest BCUT2D eigenvalue weighted by atomic mass is 10.0. The number of amides is 1. The number of rotatable bonds is 1. The van der Waals surface area contributed by atoms with Crippen molar-refractivity contribution in [2.75, 3.05) is 13.1 Å². The van der Waals surface area contributed by atoms with Gasteiger partial charge in [-0.05, 0) is 12.8 Å². The first-order valence-corrected chi connectivity index (χ1v) is 5.50. The van der Waals surface area contributed by atoms with Gasteiger partial charge in [0.25, 0.3) is 0 Å². The third-order valence-corrected chi connectivity index (χ3v) is 3.46. The van der Waals surface area contributed by atoms with Crippen LogP contribution in [0.1, 0.15) is 19.3 Å². The van der Waals surface area contributed by atoms with Gasteiger partial charge < -0.3 is 20.8 Å². The van der Waals surface area contributed by atoms with E-state index in [1.54, 1.807) is 0 Å². The van der Waals surface area contributed by atoms with Crippen molar-refractivity contribution in [1.82, 2.24) is 4.90 Å². The number of nitrogens with zero attached hydrogens (tertiary/aromatic N) is 1. The van der Waals surface area contributed by atoms with Crippen LogP contribution in [-0.4, -0.2) is 52.4 Å². The molecule has 5 heteroatoms. The summed E-state index contributed by atoms with van der Waals surface area (Å²) in [4.78, 5) is 13.5. The summed E-state index contributed by atoms with van der Waals surface area (Å²) in [5.41, 5.74) is 5.84. The van der Waals surface area contributed by atoms with Gasteiger partial charge in [-0.2, -0.15) is 0 Å². The van der Waals surface area contributed by atoms with E-state index < -0.39 is 12.2 Å². The molecular weight excluding hydrogens is 196 g/mol. The fourth-order valence-electron chi connectivity index (χ4n) is 2.48. The van der Waals surface area contributed by atoms with Crippen molar-refractivity contribution >= 4 is 5.91 Å². The summed E-state index contributed by atoms with van der Waals surface area (Å²) in [5.74, 6) is -0.113. The predicted molar refractivity (Wildman–Crippen MR) is 53.9 cm³/mol. The van der Waals surface area contributed by atoms with E-state index in [9.17, 15) is 15.0 Å². The molecule has 1 saturated carbocycles. The minimum atomic E-state index is -0.799. The van der Waals surface area contributed by atoms with Crippen molar-refractivity contribution < 1.29 is 15.0 Å². The Hall–Kier alpha value is -0.650. The number of carbonyl (C=O) groups excluding carboxylic acids is 1. The van der Waals surface area contributed by atoms with Crippen molar-refractivity contribution in [2.45, 2.75) is 37.5 Å². The fraction of sp³-hybridized carbons (Fsp3) is 0.900. The molecule has 2 unspecified atom stereocenters. The van der Waals surface area contributed by atoms with Crippen molar-refractivity contribution in [2.24, 2.45) is 11.7 Å². The van der Waals surface area contributed by atoms with E-state index in [-0.39, 0.29) is 31.0 Å². The molecule has 2 rings (SSSR count). The highest BCUT2D eigenvalue weighted by atomic mass is 16.3. The smallest absolute Gasteiger partial charge is 0.227 e. The number of hydrogen-bond donors (Lipinski definition) is 3. The monoisotopic (exact) mass is 214 g/mol. The van der Waals surface area contributed by atoms with E-state index in [1.165, 1.54) is 4.90 Å². The Balaban J connectivity index is 1.97. The van der Waals surface area contributed by atoms with Gasteiger partial charge in [-0.25, -0.2) is 0 Å². The third-order valence-electron chi connectivity index (χ3n) is 3.46. The molecule has 5 nitrogen and oxygen atoms in total. The van der Waals surface area contributed by atoms with Crippen LogP contribution in [0.25, 0.3) is 0 Å². The van der Waals surface area contributed by atoms with E-state index in [0.29, 0.717) is 0 Å². The number of aliphatic hydroxyl groups excluding tert-OH is 2. The summed E-state index contributed by atoms with van der Waals surface area (Å²) in [6.07, 6.45) is 1.13. The van der Waals surface area contributed by atoms with E-state index in [4.69, 9.17) is 5.73 Å². The maximum Gasteiger partial charge on any atom is 0.227 e. The van der Waals surface area contributed by atoms with Gasteiger partial charge in [-0.3, -0.25) is 4.79 Å². The van der Waals surface area contributed by atoms with Crippen LogP contribution in [0.4, 0.5) is 0 Å². The van der Waals surface area contributed by atoms with Crippen LogP contribution in [0, 0.1) is 5.92 Å². The first-order chi connectivity index (χ1) is 7.09. The molecule has 2 aliphatic rings. The molecule has 0 aromatic rings. The van der Waals surface area contributed by atoms with Crippen molar-refractivity contribution in [3.8, 4) is 0 Å². The number of carbonyl (C=O) groups is 1. The number of hydrogen-bond acceptors (Lipinski definition) is 4. The molecule has 0 bridgehead atoms. The van der Waals surface area contributed by atoms with Crippen LogP contribution in [0.2, 0.25) is 0 Å². The zero-order chi connectivity index (χ0) is 11.0. The normalized spacial score (nSPS) is 41.1. The maximum atomic E-state index is 12.0. The summed E-state index contributed by atoms with van der Waals surface area (Å²) in [6, 6.07) is -0.0487. The second-order valence-electron chi connectivity index (χ2n) is 4.58. The van der Waals surface area contributed by atoms with Crippen molar-refractivity contribution in [1.29, 1.82) is 0 Å². The predicted octanol–water partition coefficient (Wildman–Crippen LogP) is -1.32. The van der Waals surface area contributed by atoms with Gasteiger partial charge in [0.05, 0.1) is 18.1 Å². The Kier molecular flexibility index (Phi) is 2.95. The zero-order valence-corrected chi connectivity index (χ0v) is 8.67. The van der Waals surface area contributed by atoms with Gasteiger partial charge in [0.2, 0.25) is 5.91 Å². The Labute approximate surface area is 88.9 Å². The lowest BCUT2D eigenvalue weighted by Gasteiger charge is -2.22. The Bertz CT molecular complexity index is 249. The van der Waals surface area contributed by atoms with Gasteiger partial charge in [0.1, 0.15) is 0 Å². The van der Waals surface area contributed by atoms with E-state index in [2.05, 4.69) is 0 Å². The maximum absolute atomic E-state index is 12.0. The molecule has 15 heavy (non-hydrogen) atoms. The van der Waals surface area contributed by atoms with Crippen molar-refractivity contribution in [3.05, 3.63) is 0 Å². The first-order valence-electron chi connectivity index (χ1n) is 5.50. The Morgan fingerprint density at radius 1 is 1.20 bits per heavy atom. The SMILES string of the molecule is NC1CCCC1C(=O)N1C[C@@H](O)[C@@H](O)C1.